The van der Waals surface area contributed by atoms with E-state index in [4.69, 9.17) is 9.47 Å². The molecular formula is C24H26N2O5S. The van der Waals surface area contributed by atoms with E-state index in [0.717, 1.165) is 9.87 Å². The number of para-hydroxylation sites is 2. The van der Waals surface area contributed by atoms with Gasteiger partial charge in [-0.25, -0.2) is 8.42 Å². The summed E-state index contributed by atoms with van der Waals surface area (Å²) in [6, 6.07) is 22.1. The molecule has 0 heterocycles. The van der Waals surface area contributed by atoms with E-state index in [0.29, 0.717) is 17.2 Å². The van der Waals surface area contributed by atoms with Gasteiger partial charge in [-0.1, -0.05) is 36.4 Å². The summed E-state index contributed by atoms with van der Waals surface area (Å²) in [6.45, 7) is -0.0575. The van der Waals surface area contributed by atoms with Crippen molar-refractivity contribution in [3.05, 3.63) is 84.4 Å². The Labute approximate surface area is 188 Å². The van der Waals surface area contributed by atoms with Gasteiger partial charge < -0.3 is 14.4 Å². The van der Waals surface area contributed by atoms with Crippen LogP contribution in [0.1, 0.15) is 5.56 Å². The van der Waals surface area contributed by atoms with Crippen molar-refractivity contribution in [1.82, 2.24) is 4.90 Å². The van der Waals surface area contributed by atoms with Gasteiger partial charge >= 0.3 is 0 Å². The Bertz CT molecular complexity index is 1150. The predicted octanol–water partition coefficient (Wildman–Crippen LogP) is 3.56. The van der Waals surface area contributed by atoms with E-state index in [2.05, 4.69) is 0 Å². The monoisotopic (exact) mass is 454 g/mol. The van der Waals surface area contributed by atoms with E-state index in [1.165, 1.54) is 24.1 Å². The number of amides is 1. The highest BCUT2D eigenvalue weighted by Crippen LogP contribution is 2.25. The Morgan fingerprint density at radius 3 is 2.09 bits per heavy atom. The maximum atomic E-state index is 13.4. The molecule has 3 aromatic carbocycles. The number of benzene rings is 3. The smallest absolute Gasteiger partial charge is 0.264 e. The highest BCUT2D eigenvalue weighted by molar-refractivity contribution is 7.92. The first-order valence-corrected chi connectivity index (χ1v) is 11.4. The molecule has 0 radical (unpaired) electrons. The van der Waals surface area contributed by atoms with Gasteiger partial charge in [0.05, 0.1) is 24.8 Å². The summed E-state index contributed by atoms with van der Waals surface area (Å²) in [5.74, 6) is 0.859. The molecule has 3 rings (SSSR count). The lowest BCUT2D eigenvalue weighted by Crippen LogP contribution is -2.41. The number of methoxy groups -OCH3 is 2. The predicted molar refractivity (Wildman–Crippen MR) is 123 cm³/mol. The number of rotatable bonds is 9. The maximum Gasteiger partial charge on any atom is 0.264 e. The maximum absolute atomic E-state index is 13.4. The molecule has 0 N–H and O–H groups in total. The first-order valence-electron chi connectivity index (χ1n) is 9.94. The zero-order valence-electron chi connectivity index (χ0n) is 18.3. The molecule has 32 heavy (non-hydrogen) atoms. The first-order chi connectivity index (χ1) is 15.4. The van der Waals surface area contributed by atoms with Gasteiger partial charge in [0.15, 0.2) is 0 Å². The molecule has 0 spiro atoms. The molecule has 168 valence electrons. The third kappa shape index (κ3) is 5.20. The van der Waals surface area contributed by atoms with E-state index in [1.54, 1.807) is 56.6 Å². The fourth-order valence-corrected chi connectivity index (χ4v) is 4.62. The number of carbonyl (C=O) groups excluding carboxylic acids is 1. The van der Waals surface area contributed by atoms with Crippen molar-refractivity contribution in [1.29, 1.82) is 0 Å². The van der Waals surface area contributed by atoms with E-state index < -0.39 is 10.0 Å². The summed E-state index contributed by atoms with van der Waals surface area (Å²) in [5, 5.41) is 0. The number of likely N-dealkylation sites (N-methyl/N-ethyl adjacent to an activating group) is 1. The van der Waals surface area contributed by atoms with Crippen LogP contribution in [0, 0.1) is 0 Å². The SMILES string of the molecule is COc1ccc(S(=O)(=O)N(CC(=O)N(C)Cc2ccccc2OC)c2ccccc2)cc1. The molecule has 8 heteroatoms. The van der Waals surface area contributed by atoms with E-state index in [-0.39, 0.29) is 23.9 Å². The second-order valence-electron chi connectivity index (χ2n) is 7.08. The molecule has 0 aromatic heterocycles. The summed E-state index contributed by atoms with van der Waals surface area (Å²) in [4.78, 5) is 14.6. The Morgan fingerprint density at radius 2 is 1.47 bits per heavy atom. The number of hydrogen-bond acceptors (Lipinski definition) is 5. The number of ether oxygens (including phenoxy) is 2. The van der Waals surface area contributed by atoms with Gasteiger partial charge in [-0.05, 0) is 42.5 Å². The van der Waals surface area contributed by atoms with Crippen LogP contribution in [0.15, 0.2) is 83.8 Å². The van der Waals surface area contributed by atoms with Crippen LogP contribution in [0.5, 0.6) is 11.5 Å². The molecule has 0 unspecified atom stereocenters. The molecule has 7 nitrogen and oxygen atoms in total. The van der Waals surface area contributed by atoms with Crippen LogP contribution in [-0.2, 0) is 21.4 Å². The van der Waals surface area contributed by atoms with Gasteiger partial charge in [-0.2, -0.15) is 0 Å². The Hall–Kier alpha value is -3.52. The minimum atomic E-state index is -3.99. The van der Waals surface area contributed by atoms with Gasteiger partial charge in [0.25, 0.3) is 10.0 Å². The largest absolute Gasteiger partial charge is 0.497 e. The van der Waals surface area contributed by atoms with Crippen LogP contribution in [0.4, 0.5) is 5.69 Å². The number of sulfonamides is 1. The minimum Gasteiger partial charge on any atom is -0.497 e. The summed E-state index contributed by atoms with van der Waals surface area (Å²) in [7, 11) is 0.728. The summed E-state index contributed by atoms with van der Waals surface area (Å²) in [6.07, 6.45) is 0. The summed E-state index contributed by atoms with van der Waals surface area (Å²) >= 11 is 0. The second-order valence-corrected chi connectivity index (χ2v) is 8.95. The third-order valence-corrected chi connectivity index (χ3v) is 6.78. The first kappa shape index (κ1) is 23.1. The molecule has 0 aliphatic rings. The number of anilines is 1. The fourth-order valence-electron chi connectivity index (χ4n) is 3.21. The highest BCUT2D eigenvalue weighted by atomic mass is 32.2. The number of nitrogens with zero attached hydrogens (tertiary/aromatic N) is 2. The lowest BCUT2D eigenvalue weighted by Gasteiger charge is -2.27. The fraction of sp³-hybridized carbons (Fsp3) is 0.208. The van der Waals surface area contributed by atoms with Crippen LogP contribution in [0.2, 0.25) is 0 Å². The lowest BCUT2D eigenvalue weighted by atomic mass is 10.2. The highest BCUT2D eigenvalue weighted by Gasteiger charge is 2.28. The molecular weight excluding hydrogens is 428 g/mol. The van der Waals surface area contributed by atoms with Crippen molar-refractivity contribution < 1.29 is 22.7 Å². The Balaban J connectivity index is 1.88. The van der Waals surface area contributed by atoms with Crippen LogP contribution in [0.3, 0.4) is 0 Å². The normalized spacial score (nSPS) is 11.0. The molecule has 0 atom stereocenters. The summed E-state index contributed by atoms with van der Waals surface area (Å²) < 4.78 is 38.5. The van der Waals surface area contributed by atoms with Crippen molar-refractivity contribution in [3.63, 3.8) is 0 Å². The molecule has 0 aliphatic heterocycles. The average Bonchev–Trinajstić information content (AvgIpc) is 2.83. The molecule has 0 aliphatic carbocycles. The van der Waals surface area contributed by atoms with Crippen molar-refractivity contribution in [2.45, 2.75) is 11.4 Å². The van der Waals surface area contributed by atoms with Gasteiger partial charge in [0.2, 0.25) is 5.91 Å². The van der Waals surface area contributed by atoms with Crippen molar-refractivity contribution in [2.24, 2.45) is 0 Å². The zero-order chi connectivity index (χ0) is 23.1. The molecule has 0 saturated heterocycles. The standard InChI is InChI=1S/C24H26N2O5S/c1-25(17-19-9-7-8-12-23(19)31-3)24(27)18-26(20-10-5-4-6-11-20)32(28,29)22-15-13-21(30-2)14-16-22/h4-16H,17-18H2,1-3H3. The van der Waals surface area contributed by atoms with E-state index in [9.17, 15) is 13.2 Å². The lowest BCUT2D eigenvalue weighted by molar-refractivity contribution is -0.128. The van der Waals surface area contributed by atoms with Gasteiger partial charge in [0, 0.05) is 19.2 Å². The zero-order valence-corrected chi connectivity index (χ0v) is 19.1. The third-order valence-electron chi connectivity index (χ3n) is 5.00. The quantitative estimate of drug-likeness (QED) is 0.494. The van der Waals surface area contributed by atoms with Crippen molar-refractivity contribution in [3.8, 4) is 11.5 Å². The summed E-state index contributed by atoms with van der Waals surface area (Å²) in [5.41, 5.74) is 1.23. The van der Waals surface area contributed by atoms with Crippen LogP contribution < -0.4 is 13.8 Å². The average molecular weight is 455 g/mol. The van der Waals surface area contributed by atoms with Gasteiger partial charge in [-0.15, -0.1) is 0 Å². The minimum absolute atomic E-state index is 0.0716. The van der Waals surface area contributed by atoms with Crippen LogP contribution >= 0.6 is 0 Å². The van der Waals surface area contributed by atoms with Crippen LogP contribution in [0.25, 0.3) is 0 Å². The van der Waals surface area contributed by atoms with Crippen molar-refractivity contribution in [2.75, 3.05) is 32.1 Å². The second kappa shape index (κ2) is 10.2. The molecule has 0 fully saturated rings. The molecule has 0 bridgehead atoms. The Kier molecular flexibility index (Phi) is 7.37. The van der Waals surface area contributed by atoms with Gasteiger partial charge in [0.1, 0.15) is 18.0 Å². The number of carbonyl (C=O) groups is 1. The topological polar surface area (TPSA) is 76.2 Å². The van der Waals surface area contributed by atoms with Crippen LogP contribution in [-0.4, -0.2) is 47.0 Å². The van der Waals surface area contributed by atoms with Crippen molar-refractivity contribution >= 4 is 21.6 Å². The molecule has 3 aromatic rings. The molecule has 1 amide bonds. The van der Waals surface area contributed by atoms with Gasteiger partial charge in [-0.3, -0.25) is 9.10 Å². The Morgan fingerprint density at radius 1 is 0.844 bits per heavy atom. The van der Waals surface area contributed by atoms with E-state index >= 15 is 0 Å². The van der Waals surface area contributed by atoms with E-state index in [1.807, 2.05) is 24.3 Å². The molecule has 0 saturated carbocycles. The number of hydrogen-bond donors (Lipinski definition) is 0.